The van der Waals surface area contributed by atoms with Crippen molar-refractivity contribution in [2.45, 2.75) is 40.0 Å². The van der Waals surface area contributed by atoms with E-state index < -0.39 is 5.41 Å². The van der Waals surface area contributed by atoms with Gasteiger partial charge in [-0.3, -0.25) is 4.79 Å². The first kappa shape index (κ1) is 14.2. The number of hydrogen-bond acceptors (Lipinski definition) is 2. The molecule has 0 aliphatic rings. The Morgan fingerprint density at radius 3 is 2.67 bits per heavy atom. The number of nitriles is 1. The van der Waals surface area contributed by atoms with Crippen LogP contribution in [0.4, 0.5) is 5.69 Å². The van der Waals surface area contributed by atoms with Gasteiger partial charge in [0.15, 0.2) is 0 Å². The van der Waals surface area contributed by atoms with Crippen LogP contribution < -0.4 is 5.32 Å². The fourth-order valence-corrected chi connectivity index (χ4v) is 1.53. The minimum absolute atomic E-state index is 0.242. The number of benzene rings is 1. The monoisotopic (exact) mass is 244 g/mol. The highest BCUT2D eigenvalue weighted by molar-refractivity contribution is 5.96. The van der Waals surface area contributed by atoms with Gasteiger partial charge in [-0.05, 0) is 37.0 Å². The number of nitrogens with zero attached hydrogens (tertiary/aromatic N) is 1. The average molecular weight is 244 g/mol. The van der Waals surface area contributed by atoms with Crippen molar-refractivity contribution >= 4 is 11.6 Å². The van der Waals surface area contributed by atoms with Gasteiger partial charge in [0.25, 0.3) is 0 Å². The highest BCUT2D eigenvalue weighted by Crippen LogP contribution is 2.24. The largest absolute Gasteiger partial charge is 0.325 e. The normalized spacial score (nSPS) is 13.8. The number of carbonyl (C=O) groups excluding carboxylic acids is 1. The highest BCUT2D eigenvalue weighted by atomic mass is 16.2. The third-order valence-corrected chi connectivity index (χ3v) is 3.27. The van der Waals surface area contributed by atoms with E-state index in [4.69, 9.17) is 5.26 Å². The van der Waals surface area contributed by atoms with Gasteiger partial charge in [-0.1, -0.05) is 32.9 Å². The van der Waals surface area contributed by atoms with E-state index in [0.29, 0.717) is 12.3 Å². The molecule has 1 unspecified atom stereocenters. The predicted molar refractivity (Wildman–Crippen MR) is 73.2 cm³/mol. The second kappa shape index (κ2) is 5.68. The fourth-order valence-electron chi connectivity index (χ4n) is 1.53. The second-order valence-corrected chi connectivity index (χ2v) is 5.03. The topological polar surface area (TPSA) is 52.9 Å². The van der Waals surface area contributed by atoms with Crippen LogP contribution in [0.25, 0.3) is 0 Å². The second-order valence-electron chi connectivity index (χ2n) is 5.03. The SMILES string of the molecule is CCC(C)(C#N)C(=O)Nc1cccc(C(C)C)c1. The predicted octanol–water partition coefficient (Wildman–Crippen LogP) is 3.69. The molecule has 1 aromatic carbocycles. The number of hydrogen-bond donors (Lipinski definition) is 1. The molecule has 0 bridgehead atoms. The van der Waals surface area contributed by atoms with E-state index in [1.54, 1.807) is 6.92 Å². The molecule has 0 radical (unpaired) electrons. The van der Waals surface area contributed by atoms with Crippen molar-refractivity contribution in [3.8, 4) is 6.07 Å². The minimum atomic E-state index is -0.964. The Hall–Kier alpha value is -1.82. The highest BCUT2D eigenvalue weighted by Gasteiger charge is 2.31. The number of nitrogens with one attached hydrogen (secondary N) is 1. The summed E-state index contributed by atoms with van der Waals surface area (Å²) >= 11 is 0. The summed E-state index contributed by atoms with van der Waals surface area (Å²) in [6.07, 6.45) is 0.499. The molecule has 1 rings (SSSR count). The van der Waals surface area contributed by atoms with E-state index in [1.807, 2.05) is 31.2 Å². The lowest BCUT2D eigenvalue weighted by Crippen LogP contribution is -2.31. The summed E-state index contributed by atoms with van der Waals surface area (Å²) in [5.74, 6) is 0.170. The summed E-state index contributed by atoms with van der Waals surface area (Å²) in [6.45, 7) is 7.71. The van der Waals surface area contributed by atoms with Crippen LogP contribution in [-0.2, 0) is 4.79 Å². The first-order valence-corrected chi connectivity index (χ1v) is 6.25. The molecule has 1 amide bonds. The third-order valence-electron chi connectivity index (χ3n) is 3.27. The van der Waals surface area contributed by atoms with E-state index in [-0.39, 0.29) is 5.91 Å². The number of carbonyl (C=O) groups is 1. The zero-order valence-electron chi connectivity index (χ0n) is 11.4. The Labute approximate surface area is 109 Å². The van der Waals surface area contributed by atoms with Crippen LogP contribution >= 0.6 is 0 Å². The Morgan fingerprint density at radius 1 is 1.50 bits per heavy atom. The van der Waals surface area contributed by atoms with Gasteiger partial charge < -0.3 is 5.32 Å². The van der Waals surface area contributed by atoms with Gasteiger partial charge in [-0.2, -0.15) is 5.26 Å². The van der Waals surface area contributed by atoms with Crippen LogP contribution in [0.5, 0.6) is 0 Å². The molecular formula is C15H20N2O. The quantitative estimate of drug-likeness (QED) is 0.878. The maximum absolute atomic E-state index is 12.0. The molecule has 1 N–H and O–H groups in total. The Bertz CT molecular complexity index is 474. The molecule has 0 aliphatic heterocycles. The van der Waals surface area contributed by atoms with Gasteiger partial charge in [0.05, 0.1) is 6.07 Å². The number of anilines is 1. The molecule has 0 aromatic heterocycles. The van der Waals surface area contributed by atoms with Crippen LogP contribution in [0, 0.1) is 16.7 Å². The van der Waals surface area contributed by atoms with Crippen LogP contribution in [0.15, 0.2) is 24.3 Å². The van der Waals surface area contributed by atoms with Gasteiger partial charge in [0, 0.05) is 5.69 Å². The van der Waals surface area contributed by atoms with Gasteiger partial charge in [-0.15, -0.1) is 0 Å². The summed E-state index contributed by atoms with van der Waals surface area (Å²) in [7, 11) is 0. The van der Waals surface area contributed by atoms with Crippen LogP contribution in [-0.4, -0.2) is 5.91 Å². The summed E-state index contributed by atoms with van der Waals surface area (Å²) in [5, 5.41) is 11.9. The minimum Gasteiger partial charge on any atom is -0.325 e. The Kier molecular flexibility index (Phi) is 4.49. The fraction of sp³-hybridized carbons (Fsp3) is 0.467. The summed E-state index contributed by atoms with van der Waals surface area (Å²) in [5.41, 5.74) is 0.956. The maximum Gasteiger partial charge on any atom is 0.244 e. The van der Waals surface area contributed by atoms with Crippen molar-refractivity contribution in [1.29, 1.82) is 5.26 Å². The molecule has 0 aliphatic carbocycles. The molecule has 0 heterocycles. The molecule has 0 fully saturated rings. The van der Waals surface area contributed by atoms with Crippen LogP contribution in [0.2, 0.25) is 0 Å². The van der Waals surface area contributed by atoms with Gasteiger partial charge in [-0.25, -0.2) is 0 Å². The zero-order chi connectivity index (χ0) is 13.8. The molecule has 96 valence electrons. The third kappa shape index (κ3) is 3.10. The Morgan fingerprint density at radius 2 is 2.17 bits per heavy atom. The smallest absolute Gasteiger partial charge is 0.244 e. The van der Waals surface area contributed by atoms with E-state index in [1.165, 1.54) is 5.56 Å². The first-order valence-electron chi connectivity index (χ1n) is 6.25. The first-order chi connectivity index (χ1) is 8.42. The van der Waals surface area contributed by atoms with E-state index in [2.05, 4.69) is 25.2 Å². The zero-order valence-corrected chi connectivity index (χ0v) is 11.4. The van der Waals surface area contributed by atoms with Gasteiger partial charge in [0.1, 0.15) is 5.41 Å². The molecule has 18 heavy (non-hydrogen) atoms. The van der Waals surface area contributed by atoms with Crippen molar-refractivity contribution in [3.63, 3.8) is 0 Å². The molecule has 3 heteroatoms. The molecule has 1 aromatic rings. The van der Waals surface area contributed by atoms with Crippen LogP contribution in [0.1, 0.15) is 45.6 Å². The van der Waals surface area contributed by atoms with E-state index in [9.17, 15) is 4.79 Å². The Balaban J connectivity index is 2.89. The van der Waals surface area contributed by atoms with Crippen molar-refractivity contribution in [2.75, 3.05) is 5.32 Å². The van der Waals surface area contributed by atoms with E-state index >= 15 is 0 Å². The lowest BCUT2D eigenvalue weighted by Gasteiger charge is -2.19. The lowest BCUT2D eigenvalue weighted by atomic mass is 9.88. The molecule has 0 saturated carbocycles. The molecule has 3 nitrogen and oxygen atoms in total. The standard InChI is InChI=1S/C15H20N2O/c1-5-15(4,10-16)14(18)17-13-8-6-7-12(9-13)11(2)3/h6-9,11H,5H2,1-4H3,(H,17,18). The lowest BCUT2D eigenvalue weighted by molar-refractivity contribution is -0.122. The molecular weight excluding hydrogens is 224 g/mol. The maximum atomic E-state index is 12.0. The van der Waals surface area contributed by atoms with Gasteiger partial charge >= 0.3 is 0 Å². The number of rotatable bonds is 4. The summed E-state index contributed by atoms with van der Waals surface area (Å²) in [4.78, 5) is 12.0. The van der Waals surface area contributed by atoms with E-state index in [0.717, 1.165) is 5.69 Å². The molecule has 0 saturated heterocycles. The van der Waals surface area contributed by atoms with Crippen molar-refractivity contribution < 1.29 is 4.79 Å². The van der Waals surface area contributed by atoms with Crippen LogP contribution in [0.3, 0.4) is 0 Å². The molecule has 1 atom stereocenters. The van der Waals surface area contributed by atoms with Crippen molar-refractivity contribution in [1.82, 2.24) is 0 Å². The van der Waals surface area contributed by atoms with Crippen molar-refractivity contribution in [2.24, 2.45) is 5.41 Å². The van der Waals surface area contributed by atoms with Gasteiger partial charge in [0.2, 0.25) is 5.91 Å². The summed E-state index contributed by atoms with van der Waals surface area (Å²) in [6, 6.07) is 9.82. The molecule has 0 spiro atoms. The van der Waals surface area contributed by atoms with Crippen molar-refractivity contribution in [3.05, 3.63) is 29.8 Å². The average Bonchev–Trinajstić information content (AvgIpc) is 2.38. The summed E-state index contributed by atoms with van der Waals surface area (Å²) < 4.78 is 0. The number of amides is 1.